The third-order valence-corrected chi connectivity index (χ3v) is 2.26. The number of likely N-dealkylation sites (tertiary alicyclic amines) is 1. The van der Waals surface area contributed by atoms with Gasteiger partial charge in [-0.1, -0.05) is 0 Å². The summed E-state index contributed by atoms with van der Waals surface area (Å²) in [6, 6.07) is 0. The van der Waals surface area contributed by atoms with Gasteiger partial charge in [0.05, 0.1) is 6.10 Å². The van der Waals surface area contributed by atoms with Gasteiger partial charge < -0.3 is 9.64 Å². The van der Waals surface area contributed by atoms with Crippen LogP contribution in [-0.4, -0.2) is 36.6 Å². The van der Waals surface area contributed by atoms with Crippen LogP contribution in [0.1, 0.15) is 12.8 Å². The Labute approximate surface area is 71.3 Å². The molecule has 1 amide bonds. The Morgan fingerprint density at radius 2 is 2.09 bits per heavy atom. The quantitative estimate of drug-likeness (QED) is 0.448. The van der Waals surface area contributed by atoms with Crippen LogP contribution in [0.2, 0.25) is 0 Å². The zero-order valence-corrected chi connectivity index (χ0v) is 7.30. The van der Waals surface area contributed by atoms with Gasteiger partial charge >= 0.3 is 5.37 Å². The van der Waals surface area contributed by atoms with Gasteiger partial charge in [0.15, 0.2) is 0 Å². The molecule has 1 saturated heterocycles. The van der Waals surface area contributed by atoms with E-state index in [0.717, 1.165) is 25.9 Å². The van der Waals surface area contributed by atoms with Crippen molar-refractivity contribution in [2.24, 2.45) is 0 Å². The van der Waals surface area contributed by atoms with E-state index >= 15 is 0 Å². The van der Waals surface area contributed by atoms with E-state index in [4.69, 9.17) is 16.3 Å². The van der Waals surface area contributed by atoms with Crippen molar-refractivity contribution in [3.05, 3.63) is 0 Å². The second kappa shape index (κ2) is 3.93. The number of ether oxygens (including phenoxy) is 1. The van der Waals surface area contributed by atoms with Crippen molar-refractivity contribution in [3.8, 4) is 0 Å². The SMILES string of the molecule is COC1CCN(C(=O)Cl)CC1. The third-order valence-electron chi connectivity index (χ3n) is 2.02. The van der Waals surface area contributed by atoms with Gasteiger partial charge in [0.25, 0.3) is 0 Å². The fraction of sp³-hybridized carbons (Fsp3) is 0.857. The Morgan fingerprint density at radius 1 is 1.55 bits per heavy atom. The molecule has 0 aromatic carbocycles. The maximum atomic E-state index is 10.6. The summed E-state index contributed by atoms with van der Waals surface area (Å²) in [5.74, 6) is 0. The first-order valence-electron chi connectivity index (χ1n) is 3.71. The Bertz CT molecular complexity index is 143. The van der Waals surface area contributed by atoms with Crippen LogP contribution in [0.3, 0.4) is 0 Å². The Balaban J connectivity index is 2.30. The minimum absolute atomic E-state index is 0.308. The molecule has 4 heteroatoms. The zero-order chi connectivity index (χ0) is 8.27. The van der Waals surface area contributed by atoms with E-state index in [1.54, 1.807) is 12.0 Å². The van der Waals surface area contributed by atoms with Gasteiger partial charge in [-0.25, -0.2) is 0 Å². The van der Waals surface area contributed by atoms with Crippen molar-refractivity contribution in [2.75, 3.05) is 20.2 Å². The minimum Gasteiger partial charge on any atom is -0.381 e. The Morgan fingerprint density at radius 3 is 2.45 bits per heavy atom. The highest BCUT2D eigenvalue weighted by Gasteiger charge is 2.20. The van der Waals surface area contributed by atoms with Crippen molar-refractivity contribution < 1.29 is 9.53 Å². The molecule has 1 heterocycles. The summed E-state index contributed by atoms with van der Waals surface area (Å²) < 4.78 is 5.14. The van der Waals surface area contributed by atoms with Crippen LogP contribution in [-0.2, 0) is 4.74 Å². The van der Waals surface area contributed by atoms with Crippen LogP contribution < -0.4 is 0 Å². The van der Waals surface area contributed by atoms with Crippen LogP contribution in [0.5, 0.6) is 0 Å². The summed E-state index contributed by atoms with van der Waals surface area (Å²) in [7, 11) is 1.70. The van der Waals surface area contributed by atoms with Gasteiger partial charge in [0.1, 0.15) is 0 Å². The molecule has 64 valence electrons. The van der Waals surface area contributed by atoms with E-state index in [2.05, 4.69) is 0 Å². The molecule has 0 unspecified atom stereocenters. The largest absolute Gasteiger partial charge is 0.381 e. The van der Waals surface area contributed by atoms with Crippen LogP contribution in [0.25, 0.3) is 0 Å². The molecule has 1 aliphatic heterocycles. The lowest BCUT2D eigenvalue weighted by Crippen LogP contribution is -2.37. The number of hydrogen-bond donors (Lipinski definition) is 0. The number of halogens is 1. The van der Waals surface area contributed by atoms with E-state index in [1.807, 2.05) is 0 Å². The molecular formula is C7H12ClNO2. The molecule has 0 saturated carbocycles. The van der Waals surface area contributed by atoms with Crippen LogP contribution in [0.15, 0.2) is 0 Å². The topological polar surface area (TPSA) is 29.5 Å². The van der Waals surface area contributed by atoms with E-state index in [0.29, 0.717) is 6.10 Å². The summed E-state index contributed by atoms with van der Waals surface area (Å²) >= 11 is 5.29. The summed E-state index contributed by atoms with van der Waals surface area (Å²) in [6.07, 6.45) is 2.10. The standard InChI is InChI=1S/C7H12ClNO2/c1-11-6-2-4-9(5-3-6)7(8)10/h6H,2-5H2,1H3. The molecule has 0 radical (unpaired) electrons. The first-order valence-corrected chi connectivity index (χ1v) is 4.09. The number of nitrogens with zero attached hydrogens (tertiary/aromatic N) is 1. The molecule has 0 spiro atoms. The van der Waals surface area contributed by atoms with Crippen molar-refractivity contribution in [1.82, 2.24) is 4.90 Å². The molecule has 1 aliphatic rings. The van der Waals surface area contributed by atoms with Crippen molar-refractivity contribution in [3.63, 3.8) is 0 Å². The number of hydrogen-bond acceptors (Lipinski definition) is 2. The highest BCUT2D eigenvalue weighted by Crippen LogP contribution is 2.13. The number of carbonyl (C=O) groups is 1. The van der Waals surface area contributed by atoms with Crippen molar-refractivity contribution >= 4 is 17.0 Å². The summed E-state index contributed by atoms with van der Waals surface area (Å²) in [6.45, 7) is 1.45. The first kappa shape index (κ1) is 8.81. The highest BCUT2D eigenvalue weighted by atomic mass is 35.5. The molecule has 0 bridgehead atoms. The monoisotopic (exact) mass is 177 g/mol. The highest BCUT2D eigenvalue weighted by molar-refractivity contribution is 6.62. The molecule has 0 atom stereocenters. The Hall–Kier alpha value is -0.280. The normalized spacial score (nSPS) is 20.4. The molecule has 0 N–H and O–H groups in total. The molecule has 3 nitrogen and oxygen atoms in total. The van der Waals surface area contributed by atoms with Gasteiger partial charge in [-0.2, -0.15) is 0 Å². The second-order valence-electron chi connectivity index (χ2n) is 2.68. The van der Waals surface area contributed by atoms with Gasteiger partial charge in [0.2, 0.25) is 0 Å². The Kier molecular flexibility index (Phi) is 3.15. The first-order chi connectivity index (χ1) is 5.24. The van der Waals surface area contributed by atoms with Gasteiger partial charge in [0, 0.05) is 20.2 Å². The fourth-order valence-electron chi connectivity index (χ4n) is 1.27. The van der Waals surface area contributed by atoms with E-state index in [1.165, 1.54) is 0 Å². The fourth-order valence-corrected chi connectivity index (χ4v) is 1.44. The zero-order valence-electron chi connectivity index (χ0n) is 6.55. The average Bonchev–Trinajstić information content (AvgIpc) is 2.05. The minimum atomic E-state index is -0.348. The third kappa shape index (κ3) is 2.34. The lowest BCUT2D eigenvalue weighted by atomic mass is 10.1. The molecule has 0 aromatic rings. The molecule has 0 aromatic heterocycles. The maximum absolute atomic E-state index is 10.6. The molecule has 1 fully saturated rings. The average molecular weight is 178 g/mol. The van der Waals surface area contributed by atoms with Gasteiger partial charge in [-0.05, 0) is 24.4 Å². The number of piperidine rings is 1. The predicted octanol–water partition coefficient (Wildman–Crippen LogP) is 1.46. The number of amides is 1. The molecule has 1 rings (SSSR count). The van der Waals surface area contributed by atoms with Crippen LogP contribution in [0, 0.1) is 0 Å². The summed E-state index contributed by atoms with van der Waals surface area (Å²) in [5.41, 5.74) is 0. The number of methoxy groups -OCH3 is 1. The van der Waals surface area contributed by atoms with Crippen molar-refractivity contribution in [2.45, 2.75) is 18.9 Å². The number of carbonyl (C=O) groups excluding carboxylic acids is 1. The van der Waals surface area contributed by atoms with E-state index < -0.39 is 0 Å². The predicted molar refractivity (Wildman–Crippen MR) is 42.9 cm³/mol. The van der Waals surface area contributed by atoms with E-state index in [9.17, 15) is 4.79 Å². The van der Waals surface area contributed by atoms with Gasteiger partial charge in [-0.3, -0.25) is 4.79 Å². The molecular weight excluding hydrogens is 166 g/mol. The lowest BCUT2D eigenvalue weighted by Gasteiger charge is -2.29. The lowest BCUT2D eigenvalue weighted by molar-refractivity contribution is 0.0534. The van der Waals surface area contributed by atoms with Crippen LogP contribution in [0.4, 0.5) is 4.79 Å². The maximum Gasteiger partial charge on any atom is 0.316 e. The second-order valence-corrected chi connectivity index (χ2v) is 3.00. The number of rotatable bonds is 1. The summed E-state index contributed by atoms with van der Waals surface area (Å²) in [4.78, 5) is 12.3. The molecule has 11 heavy (non-hydrogen) atoms. The smallest absolute Gasteiger partial charge is 0.316 e. The van der Waals surface area contributed by atoms with Crippen molar-refractivity contribution in [1.29, 1.82) is 0 Å². The summed E-state index contributed by atoms with van der Waals surface area (Å²) in [5, 5.41) is -0.348. The van der Waals surface area contributed by atoms with Crippen LogP contribution >= 0.6 is 11.6 Å². The van der Waals surface area contributed by atoms with Gasteiger partial charge in [-0.15, -0.1) is 0 Å². The van der Waals surface area contributed by atoms with E-state index in [-0.39, 0.29) is 5.37 Å². The molecule has 0 aliphatic carbocycles.